The van der Waals surface area contributed by atoms with Crippen LogP contribution in [0.5, 0.6) is 11.5 Å². The summed E-state index contributed by atoms with van der Waals surface area (Å²) in [6, 6.07) is 13.4. The molecular weight excluding hydrogens is 252 g/mol. The van der Waals surface area contributed by atoms with Gasteiger partial charge in [0.1, 0.15) is 11.5 Å². The van der Waals surface area contributed by atoms with E-state index in [2.05, 4.69) is 0 Å². The van der Waals surface area contributed by atoms with Gasteiger partial charge in [0.25, 0.3) is 0 Å². The molecule has 0 bridgehead atoms. The van der Waals surface area contributed by atoms with Crippen LogP contribution in [0.3, 0.4) is 0 Å². The minimum Gasteiger partial charge on any atom is -0.497 e. The van der Waals surface area contributed by atoms with Crippen LogP contribution >= 0.6 is 0 Å². The molecule has 3 heteroatoms. The summed E-state index contributed by atoms with van der Waals surface area (Å²) in [4.78, 5) is 0. The fourth-order valence-electron chi connectivity index (χ4n) is 1.89. The fourth-order valence-corrected chi connectivity index (χ4v) is 1.89. The molecule has 2 aromatic carbocycles. The van der Waals surface area contributed by atoms with Gasteiger partial charge in [-0.3, -0.25) is 0 Å². The van der Waals surface area contributed by atoms with E-state index in [0.717, 1.165) is 28.2 Å². The summed E-state index contributed by atoms with van der Waals surface area (Å²) in [5, 5.41) is 9.01. The molecule has 0 atom stereocenters. The number of methoxy groups -OCH3 is 2. The lowest BCUT2D eigenvalue weighted by atomic mass is 10.1. The smallest absolute Gasteiger partial charge is 0.126 e. The van der Waals surface area contributed by atoms with E-state index in [1.165, 1.54) is 0 Å². The van der Waals surface area contributed by atoms with Crippen molar-refractivity contribution in [3.8, 4) is 11.5 Å². The van der Waals surface area contributed by atoms with Crippen molar-refractivity contribution in [3.63, 3.8) is 0 Å². The third-order valence-corrected chi connectivity index (χ3v) is 3.05. The van der Waals surface area contributed by atoms with E-state index in [1.807, 2.05) is 54.6 Å². The van der Waals surface area contributed by atoms with Crippen LogP contribution in [0, 0.1) is 0 Å². The molecule has 0 fully saturated rings. The van der Waals surface area contributed by atoms with Gasteiger partial charge in [0.05, 0.1) is 20.8 Å². The molecule has 2 rings (SSSR count). The maximum atomic E-state index is 9.01. The number of benzene rings is 2. The van der Waals surface area contributed by atoms with Crippen molar-refractivity contribution in [2.45, 2.75) is 6.61 Å². The van der Waals surface area contributed by atoms with Crippen LogP contribution in [0.2, 0.25) is 0 Å². The van der Waals surface area contributed by atoms with Gasteiger partial charge in [-0.1, -0.05) is 36.4 Å². The number of hydrogen-bond acceptors (Lipinski definition) is 3. The number of hydrogen-bond donors (Lipinski definition) is 1. The van der Waals surface area contributed by atoms with Gasteiger partial charge in [-0.15, -0.1) is 0 Å². The largest absolute Gasteiger partial charge is 0.497 e. The molecule has 0 aliphatic heterocycles. The van der Waals surface area contributed by atoms with Gasteiger partial charge in [-0.25, -0.2) is 0 Å². The maximum Gasteiger partial charge on any atom is 0.126 e. The molecule has 0 heterocycles. The van der Waals surface area contributed by atoms with E-state index in [0.29, 0.717) is 0 Å². The third-order valence-electron chi connectivity index (χ3n) is 3.05. The highest BCUT2D eigenvalue weighted by Crippen LogP contribution is 2.25. The second kappa shape index (κ2) is 6.78. The first-order valence-electron chi connectivity index (χ1n) is 6.36. The zero-order valence-corrected chi connectivity index (χ0v) is 11.7. The Morgan fingerprint density at radius 2 is 1.70 bits per heavy atom. The molecular formula is C17H18O3. The minimum atomic E-state index is 0.0632. The van der Waals surface area contributed by atoms with E-state index >= 15 is 0 Å². The van der Waals surface area contributed by atoms with Crippen LogP contribution < -0.4 is 9.47 Å². The summed E-state index contributed by atoms with van der Waals surface area (Å²) in [6.07, 6.45) is 3.98. The van der Waals surface area contributed by atoms with Crippen LogP contribution in [0.1, 0.15) is 16.7 Å². The fraction of sp³-hybridized carbons (Fsp3) is 0.176. The van der Waals surface area contributed by atoms with Crippen LogP contribution in [0.25, 0.3) is 12.2 Å². The monoisotopic (exact) mass is 270 g/mol. The van der Waals surface area contributed by atoms with Crippen molar-refractivity contribution in [2.24, 2.45) is 0 Å². The normalized spacial score (nSPS) is 10.8. The minimum absolute atomic E-state index is 0.0632. The van der Waals surface area contributed by atoms with Crippen molar-refractivity contribution < 1.29 is 14.6 Å². The van der Waals surface area contributed by atoms with Gasteiger partial charge < -0.3 is 14.6 Å². The average Bonchev–Trinajstić information content (AvgIpc) is 2.53. The standard InChI is InChI=1S/C17H18O3/c1-19-16-9-10-17(20-2)15(11-16)8-7-13-3-5-14(12-18)6-4-13/h3-11,18H,12H2,1-2H3. The topological polar surface area (TPSA) is 38.7 Å². The predicted octanol–water partition coefficient (Wildman–Crippen LogP) is 3.37. The average molecular weight is 270 g/mol. The number of aliphatic hydroxyl groups is 1. The Morgan fingerprint density at radius 3 is 2.30 bits per heavy atom. The summed E-state index contributed by atoms with van der Waals surface area (Å²) in [7, 11) is 3.29. The summed E-state index contributed by atoms with van der Waals surface area (Å²) >= 11 is 0. The summed E-state index contributed by atoms with van der Waals surface area (Å²) in [5.74, 6) is 1.59. The van der Waals surface area contributed by atoms with Crippen molar-refractivity contribution >= 4 is 12.2 Å². The highest BCUT2D eigenvalue weighted by atomic mass is 16.5. The first kappa shape index (κ1) is 14.2. The van der Waals surface area contributed by atoms with Crippen LogP contribution in [0.15, 0.2) is 42.5 Å². The molecule has 0 saturated carbocycles. The third kappa shape index (κ3) is 3.39. The van der Waals surface area contributed by atoms with Gasteiger partial charge in [0, 0.05) is 5.56 Å². The summed E-state index contributed by atoms with van der Waals surface area (Å²) in [5.41, 5.74) is 2.92. The van der Waals surface area contributed by atoms with Crippen LogP contribution in [0.4, 0.5) is 0 Å². The van der Waals surface area contributed by atoms with Crippen molar-refractivity contribution in [1.82, 2.24) is 0 Å². The van der Waals surface area contributed by atoms with E-state index < -0.39 is 0 Å². The van der Waals surface area contributed by atoms with E-state index in [-0.39, 0.29) is 6.61 Å². The number of rotatable bonds is 5. The SMILES string of the molecule is COc1ccc(OC)c(C=Cc2ccc(CO)cc2)c1. The van der Waals surface area contributed by atoms with Crippen LogP contribution in [-0.4, -0.2) is 19.3 Å². The second-order valence-electron chi connectivity index (χ2n) is 4.34. The molecule has 0 unspecified atom stereocenters. The van der Waals surface area contributed by atoms with Crippen molar-refractivity contribution in [3.05, 3.63) is 59.2 Å². The lowest BCUT2D eigenvalue weighted by Crippen LogP contribution is -1.89. The molecule has 0 aliphatic rings. The van der Waals surface area contributed by atoms with Crippen molar-refractivity contribution in [1.29, 1.82) is 0 Å². The van der Waals surface area contributed by atoms with Gasteiger partial charge in [-0.05, 0) is 29.3 Å². The first-order chi connectivity index (χ1) is 9.76. The zero-order valence-electron chi connectivity index (χ0n) is 11.7. The Kier molecular flexibility index (Phi) is 4.80. The van der Waals surface area contributed by atoms with Crippen LogP contribution in [-0.2, 0) is 6.61 Å². The number of ether oxygens (including phenoxy) is 2. The van der Waals surface area contributed by atoms with E-state index in [9.17, 15) is 0 Å². The van der Waals surface area contributed by atoms with E-state index in [4.69, 9.17) is 14.6 Å². The highest BCUT2D eigenvalue weighted by molar-refractivity contribution is 5.73. The molecule has 2 aromatic rings. The number of aliphatic hydroxyl groups excluding tert-OH is 1. The zero-order chi connectivity index (χ0) is 14.4. The Labute approximate surface area is 119 Å². The Morgan fingerprint density at radius 1 is 0.950 bits per heavy atom. The molecule has 0 spiro atoms. The molecule has 20 heavy (non-hydrogen) atoms. The Bertz CT molecular complexity index is 586. The predicted molar refractivity (Wildman–Crippen MR) is 80.8 cm³/mol. The van der Waals surface area contributed by atoms with Gasteiger partial charge in [0.15, 0.2) is 0 Å². The lowest BCUT2D eigenvalue weighted by Gasteiger charge is -2.07. The van der Waals surface area contributed by atoms with Crippen molar-refractivity contribution in [2.75, 3.05) is 14.2 Å². The molecule has 0 amide bonds. The molecule has 0 saturated heterocycles. The Balaban J connectivity index is 2.24. The quantitative estimate of drug-likeness (QED) is 0.847. The van der Waals surface area contributed by atoms with E-state index in [1.54, 1.807) is 14.2 Å². The highest BCUT2D eigenvalue weighted by Gasteiger charge is 2.01. The molecule has 0 radical (unpaired) electrons. The lowest BCUT2D eigenvalue weighted by molar-refractivity contribution is 0.282. The molecule has 1 N–H and O–H groups in total. The molecule has 104 valence electrons. The van der Waals surface area contributed by atoms with Gasteiger partial charge in [-0.2, -0.15) is 0 Å². The Hall–Kier alpha value is -2.26. The van der Waals surface area contributed by atoms with Gasteiger partial charge >= 0.3 is 0 Å². The molecule has 0 aliphatic carbocycles. The maximum absolute atomic E-state index is 9.01. The molecule has 0 aromatic heterocycles. The van der Waals surface area contributed by atoms with Gasteiger partial charge in [0.2, 0.25) is 0 Å². The first-order valence-corrected chi connectivity index (χ1v) is 6.36. The second-order valence-corrected chi connectivity index (χ2v) is 4.34. The summed E-state index contributed by atoms with van der Waals surface area (Å²) < 4.78 is 10.5. The molecule has 3 nitrogen and oxygen atoms in total. The summed E-state index contributed by atoms with van der Waals surface area (Å²) in [6.45, 7) is 0.0632.